The summed E-state index contributed by atoms with van der Waals surface area (Å²) in [7, 11) is 0. The maximum Gasteiger partial charge on any atom is 0.225 e. The molecule has 2 aliphatic rings. The van der Waals surface area contributed by atoms with Gasteiger partial charge in [-0.25, -0.2) is 0 Å². The molecule has 1 N–H and O–H groups in total. The predicted octanol–water partition coefficient (Wildman–Crippen LogP) is 2.77. The lowest BCUT2D eigenvalue weighted by Crippen LogP contribution is -2.46. The highest BCUT2D eigenvalue weighted by molar-refractivity contribution is 7.17. The summed E-state index contributed by atoms with van der Waals surface area (Å²) in [5.74, 6) is 0.186. The van der Waals surface area contributed by atoms with E-state index < -0.39 is 0 Å². The molecule has 3 heterocycles. The highest BCUT2D eigenvalue weighted by atomic mass is 32.1. The zero-order valence-corrected chi connectivity index (χ0v) is 17.4. The molecule has 0 bridgehead atoms. The van der Waals surface area contributed by atoms with Gasteiger partial charge >= 0.3 is 0 Å². The van der Waals surface area contributed by atoms with Crippen LogP contribution in [0.2, 0.25) is 0 Å². The first kappa shape index (κ1) is 19.9. The Morgan fingerprint density at radius 1 is 1.10 bits per heavy atom. The lowest BCUT2D eigenvalue weighted by Gasteiger charge is -2.32. The Balaban J connectivity index is 1.25. The number of thiophene rings is 1. The van der Waals surface area contributed by atoms with Crippen LogP contribution in [-0.2, 0) is 20.9 Å². The molecule has 2 fully saturated rings. The molecule has 1 atom stereocenters. The number of amides is 3. The molecule has 4 rings (SSSR count). The van der Waals surface area contributed by atoms with Crippen LogP contribution in [0.15, 0.2) is 29.6 Å². The smallest absolute Gasteiger partial charge is 0.225 e. The molecule has 7 heteroatoms. The van der Waals surface area contributed by atoms with E-state index in [-0.39, 0.29) is 23.6 Å². The van der Waals surface area contributed by atoms with Gasteiger partial charge in [0.1, 0.15) is 0 Å². The average molecular weight is 414 g/mol. The minimum absolute atomic E-state index is 0.0163. The van der Waals surface area contributed by atoms with Crippen LogP contribution < -0.4 is 5.32 Å². The standard InChI is InChI=1S/C22H27N3O3S/c26-20-3-1-9-24(20)10-2-11-25-15-18(5-7-21(25)27)22(28)23-14-16-4-6-19-17(13-16)8-12-29-19/h4,6,8,12-13,18H,1-3,5,7,9-11,14-15H2,(H,23,28)/t18-/m0/s1. The van der Waals surface area contributed by atoms with E-state index in [2.05, 4.69) is 35.0 Å². The first-order valence-corrected chi connectivity index (χ1v) is 11.3. The van der Waals surface area contributed by atoms with Gasteiger partial charge in [0.15, 0.2) is 0 Å². The zero-order valence-electron chi connectivity index (χ0n) is 16.6. The Hall–Kier alpha value is -2.41. The topological polar surface area (TPSA) is 69.7 Å². The van der Waals surface area contributed by atoms with Gasteiger partial charge in [0.05, 0.1) is 5.92 Å². The van der Waals surface area contributed by atoms with Crippen molar-refractivity contribution >= 4 is 39.1 Å². The van der Waals surface area contributed by atoms with E-state index in [0.29, 0.717) is 45.4 Å². The molecule has 6 nitrogen and oxygen atoms in total. The highest BCUT2D eigenvalue weighted by Gasteiger charge is 2.30. The fourth-order valence-corrected chi connectivity index (χ4v) is 4.97. The van der Waals surface area contributed by atoms with Crippen molar-refractivity contribution in [2.24, 2.45) is 5.92 Å². The van der Waals surface area contributed by atoms with Crippen LogP contribution in [0.3, 0.4) is 0 Å². The SMILES string of the molecule is O=C(NCc1ccc2sccc2c1)[C@H]1CCC(=O)N(CCCN2CCCC2=O)C1. The number of nitrogens with one attached hydrogen (secondary N) is 1. The quantitative estimate of drug-likeness (QED) is 0.759. The van der Waals surface area contributed by atoms with Crippen LogP contribution >= 0.6 is 11.3 Å². The number of piperidine rings is 1. The molecule has 0 unspecified atom stereocenters. The molecule has 0 aliphatic carbocycles. The van der Waals surface area contributed by atoms with Gasteiger partial charge in [-0.05, 0) is 53.8 Å². The van der Waals surface area contributed by atoms with E-state index in [9.17, 15) is 14.4 Å². The number of likely N-dealkylation sites (tertiary alicyclic amines) is 2. The lowest BCUT2D eigenvalue weighted by atomic mass is 9.96. The van der Waals surface area contributed by atoms with E-state index in [1.807, 2.05) is 4.90 Å². The summed E-state index contributed by atoms with van der Waals surface area (Å²) < 4.78 is 1.25. The zero-order chi connectivity index (χ0) is 20.2. The van der Waals surface area contributed by atoms with Gasteiger partial charge in [-0.1, -0.05) is 6.07 Å². The van der Waals surface area contributed by atoms with E-state index in [0.717, 1.165) is 24.9 Å². The van der Waals surface area contributed by atoms with E-state index >= 15 is 0 Å². The average Bonchev–Trinajstić information content (AvgIpc) is 3.36. The van der Waals surface area contributed by atoms with Gasteiger partial charge in [0.25, 0.3) is 0 Å². The predicted molar refractivity (Wildman–Crippen MR) is 113 cm³/mol. The molecule has 0 spiro atoms. The van der Waals surface area contributed by atoms with E-state index in [1.54, 1.807) is 16.2 Å². The number of rotatable bonds is 7. The number of fused-ring (bicyclic) bond motifs is 1. The molecule has 0 radical (unpaired) electrons. The molecule has 2 aliphatic heterocycles. The summed E-state index contributed by atoms with van der Waals surface area (Å²) in [4.78, 5) is 40.3. The van der Waals surface area contributed by atoms with E-state index in [1.165, 1.54) is 10.1 Å². The number of hydrogen-bond donors (Lipinski definition) is 1. The Bertz CT molecular complexity index is 910. The van der Waals surface area contributed by atoms with Gasteiger partial charge in [0.2, 0.25) is 17.7 Å². The summed E-state index contributed by atoms with van der Waals surface area (Å²) in [6.07, 6.45) is 3.37. The van der Waals surface area contributed by atoms with Crippen molar-refractivity contribution in [3.8, 4) is 0 Å². The van der Waals surface area contributed by atoms with Crippen LogP contribution in [0.25, 0.3) is 10.1 Å². The third kappa shape index (κ3) is 4.78. The molecule has 29 heavy (non-hydrogen) atoms. The molecule has 154 valence electrons. The second-order valence-electron chi connectivity index (χ2n) is 7.92. The van der Waals surface area contributed by atoms with Crippen molar-refractivity contribution in [3.05, 3.63) is 35.2 Å². The number of carbonyl (C=O) groups is 3. The first-order valence-electron chi connectivity index (χ1n) is 10.4. The Labute approximate surface area is 174 Å². The van der Waals surface area contributed by atoms with Crippen molar-refractivity contribution in [2.45, 2.75) is 38.6 Å². The largest absolute Gasteiger partial charge is 0.352 e. The summed E-state index contributed by atoms with van der Waals surface area (Å²) in [5, 5.41) is 6.31. The number of nitrogens with zero attached hydrogens (tertiary/aromatic N) is 2. The van der Waals surface area contributed by atoms with Crippen molar-refractivity contribution in [1.82, 2.24) is 15.1 Å². The maximum atomic E-state index is 12.7. The minimum Gasteiger partial charge on any atom is -0.352 e. The summed E-state index contributed by atoms with van der Waals surface area (Å²) in [5.41, 5.74) is 1.09. The van der Waals surface area contributed by atoms with Crippen LogP contribution in [0, 0.1) is 5.92 Å². The summed E-state index contributed by atoms with van der Waals surface area (Å²) >= 11 is 1.71. The van der Waals surface area contributed by atoms with Crippen LogP contribution in [0.1, 0.15) is 37.7 Å². The molecule has 2 saturated heterocycles. The minimum atomic E-state index is -0.161. The van der Waals surface area contributed by atoms with Crippen LogP contribution in [-0.4, -0.2) is 53.7 Å². The normalized spacial score (nSPS) is 19.9. The number of benzene rings is 1. The summed E-state index contributed by atoms with van der Waals surface area (Å²) in [6.45, 7) is 3.12. The van der Waals surface area contributed by atoms with Gasteiger partial charge < -0.3 is 15.1 Å². The monoisotopic (exact) mass is 413 g/mol. The Morgan fingerprint density at radius 3 is 2.76 bits per heavy atom. The Morgan fingerprint density at radius 2 is 1.93 bits per heavy atom. The molecule has 0 saturated carbocycles. The second kappa shape index (κ2) is 8.95. The molecular weight excluding hydrogens is 386 g/mol. The highest BCUT2D eigenvalue weighted by Crippen LogP contribution is 2.22. The van der Waals surface area contributed by atoms with Crippen LogP contribution in [0.5, 0.6) is 0 Å². The lowest BCUT2D eigenvalue weighted by molar-refractivity contribution is -0.138. The van der Waals surface area contributed by atoms with Gasteiger partial charge in [-0.2, -0.15) is 0 Å². The van der Waals surface area contributed by atoms with Crippen molar-refractivity contribution in [1.29, 1.82) is 0 Å². The number of carbonyl (C=O) groups excluding carboxylic acids is 3. The molecular formula is C22H27N3O3S. The van der Waals surface area contributed by atoms with E-state index in [4.69, 9.17) is 0 Å². The molecule has 1 aromatic carbocycles. The first-order chi connectivity index (χ1) is 14.1. The van der Waals surface area contributed by atoms with Gasteiger partial charge in [-0.15, -0.1) is 11.3 Å². The van der Waals surface area contributed by atoms with Crippen LogP contribution in [0.4, 0.5) is 0 Å². The van der Waals surface area contributed by atoms with Gasteiger partial charge in [0, 0.05) is 50.3 Å². The fourth-order valence-electron chi connectivity index (χ4n) is 4.20. The summed E-state index contributed by atoms with van der Waals surface area (Å²) in [6, 6.07) is 8.34. The molecule has 2 aromatic rings. The molecule has 1 aromatic heterocycles. The number of hydrogen-bond acceptors (Lipinski definition) is 4. The Kier molecular flexibility index (Phi) is 6.13. The second-order valence-corrected chi connectivity index (χ2v) is 8.87. The maximum absolute atomic E-state index is 12.7. The van der Waals surface area contributed by atoms with Gasteiger partial charge in [-0.3, -0.25) is 14.4 Å². The third-order valence-electron chi connectivity index (χ3n) is 5.88. The fraction of sp³-hybridized carbons (Fsp3) is 0.500. The molecule has 3 amide bonds. The van der Waals surface area contributed by atoms with Crippen molar-refractivity contribution < 1.29 is 14.4 Å². The van der Waals surface area contributed by atoms with Crippen molar-refractivity contribution in [3.63, 3.8) is 0 Å². The third-order valence-corrected chi connectivity index (χ3v) is 6.78. The van der Waals surface area contributed by atoms with Crippen molar-refractivity contribution in [2.75, 3.05) is 26.2 Å².